The molecule has 3 atom stereocenters. The molecule has 0 bridgehead atoms. The van der Waals surface area contributed by atoms with Crippen molar-refractivity contribution < 1.29 is 9.84 Å². The van der Waals surface area contributed by atoms with Crippen molar-refractivity contribution in [3.63, 3.8) is 0 Å². The smallest absolute Gasteiger partial charge is 0.123 e. The third-order valence-electron chi connectivity index (χ3n) is 3.34. The lowest BCUT2D eigenvalue weighted by Gasteiger charge is -2.22. The van der Waals surface area contributed by atoms with Gasteiger partial charge in [0, 0.05) is 0 Å². The summed E-state index contributed by atoms with van der Waals surface area (Å²) in [5, 5.41) is 9.75. The van der Waals surface area contributed by atoms with E-state index < -0.39 is 6.10 Å². The van der Waals surface area contributed by atoms with Gasteiger partial charge in [0.1, 0.15) is 11.9 Å². The van der Waals surface area contributed by atoms with Crippen LogP contribution in [0.3, 0.4) is 0 Å². The summed E-state index contributed by atoms with van der Waals surface area (Å²) in [5.74, 6) is 1.39. The highest BCUT2D eigenvalue weighted by atomic mass is 16.5. The molecule has 0 saturated heterocycles. The Labute approximate surface area is 105 Å². The predicted octanol–water partition coefficient (Wildman–Crippen LogP) is 3.74. The Bertz CT molecular complexity index is 335. The normalized spacial score (nSPS) is 16.3. The molecule has 2 heteroatoms. The zero-order chi connectivity index (χ0) is 12.8. The van der Waals surface area contributed by atoms with Gasteiger partial charge in [-0.2, -0.15) is 0 Å². The molecule has 96 valence electrons. The second-order valence-corrected chi connectivity index (χ2v) is 4.65. The van der Waals surface area contributed by atoms with E-state index in [0.29, 0.717) is 12.3 Å². The maximum atomic E-state index is 9.75. The van der Waals surface area contributed by atoms with Gasteiger partial charge in [-0.15, -0.1) is 0 Å². The largest absolute Gasteiger partial charge is 0.488 e. The molecule has 0 aliphatic rings. The van der Waals surface area contributed by atoms with E-state index in [2.05, 4.69) is 19.9 Å². The van der Waals surface area contributed by atoms with Crippen molar-refractivity contribution in [2.45, 2.75) is 58.7 Å². The second-order valence-electron chi connectivity index (χ2n) is 4.65. The van der Waals surface area contributed by atoms with Crippen LogP contribution in [-0.4, -0.2) is 17.3 Å². The molecule has 0 radical (unpaired) electrons. The fraction of sp³-hybridized carbons (Fsp3) is 0.600. The minimum absolute atomic E-state index is 0.162. The van der Waals surface area contributed by atoms with Crippen LogP contribution in [-0.2, 0) is 0 Å². The van der Waals surface area contributed by atoms with E-state index in [9.17, 15) is 5.11 Å². The molecule has 0 aliphatic carbocycles. The maximum absolute atomic E-state index is 9.75. The van der Waals surface area contributed by atoms with Gasteiger partial charge in [0.15, 0.2) is 0 Å². The van der Waals surface area contributed by atoms with Gasteiger partial charge in [-0.1, -0.05) is 39.0 Å². The maximum Gasteiger partial charge on any atom is 0.123 e. The zero-order valence-corrected chi connectivity index (χ0v) is 11.3. The number of para-hydroxylation sites is 1. The van der Waals surface area contributed by atoms with Crippen molar-refractivity contribution >= 4 is 0 Å². The van der Waals surface area contributed by atoms with Gasteiger partial charge in [-0.05, 0) is 37.3 Å². The van der Waals surface area contributed by atoms with E-state index in [0.717, 1.165) is 12.2 Å². The third-order valence-corrected chi connectivity index (χ3v) is 3.34. The van der Waals surface area contributed by atoms with Crippen LogP contribution in [0.1, 0.15) is 52.0 Å². The van der Waals surface area contributed by atoms with Crippen molar-refractivity contribution in [2.24, 2.45) is 0 Å². The van der Waals surface area contributed by atoms with Crippen molar-refractivity contribution in [2.75, 3.05) is 0 Å². The van der Waals surface area contributed by atoms with Crippen LogP contribution < -0.4 is 4.74 Å². The van der Waals surface area contributed by atoms with Gasteiger partial charge < -0.3 is 9.84 Å². The molecule has 17 heavy (non-hydrogen) atoms. The highest BCUT2D eigenvalue weighted by molar-refractivity contribution is 5.36. The predicted molar refractivity (Wildman–Crippen MR) is 71.5 cm³/mol. The standard InChI is InChI=1S/C15H24O2/c1-5-11(3)13-9-7-8-10-15(13)17-12(4)14(16)6-2/h7-12,14,16H,5-6H2,1-4H3. The Morgan fingerprint density at radius 2 is 1.76 bits per heavy atom. The first-order valence-electron chi connectivity index (χ1n) is 6.53. The topological polar surface area (TPSA) is 29.5 Å². The lowest BCUT2D eigenvalue weighted by Crippen LogP contribution is -2.28. The van der Waals surface area contributed by atoms with Crippen LogP contribution in [0.4, 0.5) is 0 Å². The Hall–Kier alpha value is -1.02. The summed E-state index contributed by atoms with van der Waals surface area (Å²) in [7, 11) is 0. The van der Waals surface area contributed by atoms with Crippen molar-refractivity contribution in [3.8, 4) is 5.75 Å². The van der Waals surface area contributed by atoms with Crippen LogP contribution in [0.25, 0.3) is 0 Å². The first-order valence-corrected chi connectivity index (χ1v) is 6.53. The molecule has 0 aromatic heterocycles. The van der Waals surface area contributed by atoms with Crippen molar-refractivity contribution in [3.05, 3.63) is 29.8 Å². The summed E-state index contributed by atoms with van der Waals surface area (Å²) >= 11 is 0. The number of aliphatic hydroxyl groups excluding tert-OH is 1. The first-order chi connectivity index (χ1) is 8.10. The molecule has 0 amide bonds. The average Bonchev–Trinajstić information content (AvgIpc) is 2.37. The number of hydrogen-bond acceptors (Lipinski definition) is 2. The van der Waals surface area contributed by atoms with Crippen molar-refractivity contribution in [1.82, 2.24) is 0 Å². The molecular weight excluding hydrogens is 212 g/mol. The van der Waals surface area contributed by atoms with Gasteiger partial charge in [0.2, 0.25) is 0 Å². The summed E-state index contributed by atoms with van der Waals surface area (Å²) < 4.78 is 5.87. The molecule has 2 nitrogen and oxygen atoms in total. The lowest BCUT2D eigenvalue weighted by molar-refractivity contribution is 0.0444. The number of benzene rings is 1. The molecule has 0 spiro atoms. The summed E-state index contributed by atoms with van der Waals surface area (Å²) in [5.41, 5.74) is 1.23. The number of hydrogen-bond donors (Lipinski definition) is 1. The Kier molecular flexibility index (Phi) is 5.49. The molecule has 1 aromatic rings. The third kappa shape index (κ3) is 3.74. The van der Waals surface area contributed by atoms with E-state index in [4.69, 9.17) is 4.74 Å². The first kappa shape index (κ1) is 14.0. The average molecular weight is 236 g/mol. The van der Waals surface area contributed by atoms with Crippen LogP contribution in [0.2, 0.25) is 0 Å². The molecule has 1 aromatic carbocycles. The molecule has 1 rings (SSSR count). The fourth-order valence-electron chi connectivity index (χ4n) is 1.83. The Morgan fingerprint density at radius 1 is 1.12 bits per heavy atom. The van der Waals surface area contributed by atoms with Gasteiger partial charge >= 0.3 is 0 Å². The number of rotatable bonds is 6. The summed E-state index contributed by atoms with van der Waals surface area (Å²) in [6.07, 6.45) is 1.24. The van der Waals surface area contributed by atoms with E-state index in [-0.39, 0.29) is 6.10 Å². The summed E-state index contributed by atoms with van der Waals surface area (Å²) in [6.45, 7) is 8.25. The van der Waals surface area contributed by atoms with Crippen LogP contribution in [0, 0.1) is 0 Å². The molecule has 0 saturated carbocycles. The van der Waals surface area contributed by atoms with Gasteiger partial charge in [-0.25, -0.2) is 0 Å². The van der Waals surface area contributed by atoms with E-state index in [1.54, 1.807) is 0 Å². The molecular formula is C15H24O2. The molecule has 0 aliphatic heterocycles. The number of aliphatic hydroxyl groups is 1. The van der Waals surface area contributed by atoms with Crippen LogP contribution in [0.5, 0.6) is 5.75 Å². The minimum Gasteiger partial charge on any atom is -0.488 e. The van der Waals surface area contributed by atoms with E-state index in [1.807, 2.05) is 32.0 Å². The quantitative estimate of drug-likeness (QED) is 0.815. The molecule has 0 fully saturated rings. The highest BCUT2D eigenvalue weighted by Crippen LogP contribution is 2.29. The van der Waals surface area contributed by atoms with Gasteiger partial charge in [-0.3, -0.25) is 0 Å². The Balaban J connectivity index is 2.83. The van der Waals surface area contributed by atoms with Gasteiger partial charge in [0.25, 0.3) is 0 Å². The SMILES string of the molecule is CCC(C)c1ccccc1OC(C)C(O)CC. The zero-order valence-electron chi connectivity index (χ0n) is 11.3. The summed E-state index contributed by atoms with van der Waals surface area (Å²) in [4.78, 5) is 0. The minimum atomic E-state index is -0.403. The second kappa shape index (κ2) is 6.65. The number of ether oxygens (including phenoxy) is 1. The molecule has 3 unspecified atom stereocenters. The Morgan fingerprint density at radius 3 is 2.35 bits per heavy atom. The van der Waals surface area contributed by atoms with Crippen molar-refractivity contribution in [1.29, 1.82) is 0 Å². The lowest BCUT2D eigenvalue weighted by atomic mass is 9.98. The van der Waals surface area contributed by atoms with Crippen LogP contribution >= 0.6 is 0 Å². The van der Waals surface area contributed by atoms with E-state index >= 15 is 0 Å². The monoisotopic (exact) mass is 236 g/mol. The highest BCUT2D eigenvalue weighted by Gasteiger charge is 2.16. The van der Waals surface area contributed by atoms with E-state index in [1.165, 1.54) is 5.56 Å². The molecule has 1 N–H and O–H groups in total. The fourth-order valence-corrected chi connectivity index (χ4v) is 1.83. The molecule has 0 heterocycles. The van der Waals surface area contributed by atoms with Crippen LogP contribution in [0.15, 0.2) is 24.3 Å². The summed E-state index contributed by atoms with van der Waals surface area (Å²) in [6, 6.07) is 8.11. The van der Waals surface area contributed by atoms with Gasteiger partial charge in [0.05, 0.1) is 6.10 Å².